The number of nitrogens with one attached hydrogen (secondary N) is 1. The summed E-state index contributed by atoms with van der Waals surface area (Å²) < 4.78 is 29.9. The number of benzene rings is 1. The zero-order chi connectivity index (χ0) is 18.9. The van der Waals surface area contributed by atoms with Crippen LogP contribution < -0.4 is 4.72 Å². The van der Waals surface area contributed by atoms with Crippen LogP contribution >= 0.6 is 22.7 Å². The highest BCUT2D eigenvalue weighted by molar-refractivity contribution is 7.95. The second-order valence-electron chi connectivity index (χ2n) is 8.94. The van der Waals surface area contributed by atoms with Gasteiger partial charge in [-0.2, -0.15) is 0 Å². The number of thiophene rings is 1. The molecule has 1 N–H and O–H groups in total. The van der Waals surface area contributed by atoms with Gasteiger partial charge >= 0.3 is 0 Å². The largest absolute Gasteiger partial charge is 0.273 e. The van der Waals surface area contributed by atoms with Crippen LogP contribution in [-0.2, 0) is 15.4 Å². The topological polar surface area (TPSA) is 59.1 Å². The molecule has 4 nitrogen and oxygen atoms in total. The average molecular weight is 431 g/mol. The molecule has 4 bridgehead atoms. The predicted octanol–water partition coefficient (Wildman–Crippen LogP) is 5.63. The first-order valence-corrected chi connectivity index (χ1v) is 13.1. The highest BCUT2D eigenvalue weighted by atomic mass is 32.2. The summed E-state index contributed by atoms with van der Waals surface area (Å²) in [6.07, 6.45) is 7.92. The molecule has 0 aliphatic heterocycles. The lowest BCUT2D eigenvalue weighted by molar-refractivity contribution is -0.00688. The first kappa shape index (κ1) is 17.4. The van der Waals surface area contributed by atoms with Crippen LogP contribution in [-0.4, -0.2) is 13.4 Å². The molecule has 1 aromatic carbocycles. The Bertz CT molecular complexity index is 1090. The molecule has 4 aliphatic rings. The molecule has 0 amide bonds. The maximum Gasteiger partial charge on any atom is 0.273 e. The van der Waals surface area contributed by atoms with Crippen molar-refractivity contribution in [1.29, 1.82) is 0 Å². The molecule has 2 heterocycles. The van der Waals surface area contributed by atoms with Crippen LogP contribution in [0, 0.1) is 17.8 Å². The second-order valence-corrected chi connectivity index (χ2v) is 12.8. The van der Waals surface area contributed by atoms with E-state index in [1.54, 1.807) is 6.07 Å². The molecule has 28 heavy (non-hydrogen) atoms. The Labute approximate surface area is 173 Å². The monoisotopic (exact) mass is 430 g/mol. The maximum absolute atomic E-state index is 12.9. The fourth-order valence-corrected chi connectivity index (χ4v) is 9.73. The number of rotatable bonds is 4. The van der Waals surface area contributed by atoms with Crippen LogP contribution in [0.15, 0.2) is 39.9 Å². The van der Waals surface area contributed by atoms with Crippen LogP contribution in [0.25, 0.3) is 10.1 Å². The number of nitrogens with zero attached hydrogens (tertiary/aromatic N) is 1. The van der Waals surface area contributed by atoms with Crippen molar-refractivity contribution in [2.45, 2.75) is 48.1 Å². The highest BCUT2D eigenvalue weighted by Gasteiger charge is 2.52. The molecular weight excluding hydrogens is 408 g/mol. The van der Waals surface area contributed by atoms with Gasteiger partial charge in [-0.15, -0.1) is 22.7 Å². The Balaban J connectivity index is 1.29. The van der Waals surface area contributed by atoms with Gasteiger partial charge < -0.3 is 0 Å². The van der Waals surface area contributed by atoms with E-state index in [2.05, 4.69) is 10.1 Å². The zero-order valence-corrected chi connectivity index (χ0v) is 17.9. The number of sulfonamides is 1. The molecule has 7 rings (SSSR count). The van der Waals surface area contributed by atoms with E-state index < -0.39 is 10.0 Å². The Morgan fingerprint density at radius 3 is 2.39 bits per heavy atom. The zero-order valence-electron chi connectivity index (χ0n) is 15.4. The lowest BCUT2D eigenvalue weighted by Gasteiger charge is -2.56. The first-order valence-electron chi connectivity index (χ1n) is 9.97. The van der Waals surface area contributed by atoms with Gasteiger partial charge in [-0.3, -0.25) is 4.72 Å². The van der Waals surface area contributed by atoms with Crippen molar-refractivity contribution in [2.24, 2.45) is 17.8 Å². The fraction of sp³-hybridized carbons (Fsp3) is 0.476. The summed E-state index contributed by atoms with van der Waals surface area (Å²) in [6.45, 7) is 0. The van der Waals surface area contributed by atoms with E-state index in [1.807, 2.05) is 24.3 Å². The smallest absolute Gasteiger partial charge is 0.254 e. The molecule has 0 spiro atoms. The number of hydrogen-bond acceptors (Lipinski definition) is 5. The molecule has 7 heteroatoms. The molecule has 0 atom stereocenters. The third-order valence-corrected chi connectivity index (χ3v) is 10.8. The SMILES string of the molecule is O=S(=O)(Nc1nc(C23CC4CC(CC(C4)C2)C3)cs1)c1cc2ccccc2s1. The Morgan fingerprint density at radius 1 is 1.04 bits per heavy atom. The summed E-state index contributed by atoms with van der Waals surface area (Å²) >= 11 is 2.73. The Kier molecular flexibility index (Phi) is 3.75. The van der Waals surface area contributed by atoms with E-state index in [4.69, 9.17) is 4.98 Å². The molecule has 0 radical (unpaired) electrons. The molecule has 4 fully saturated rings. The van der Waals surface area contributed by atoms with E-state index in [-0.39, 0.29) is 5.41 Å². The third-order valence-electron chi connectivity index (χ3n) is 6.98. The Hall–Kier alpha value is -1.44. The summed E-state index contributed by atoms with van der Waals surface area (Å²) in [4.78, 5) is 4.80. The molecule has 4 aliphatic carbocycles. The van der Waals surface area contributed by atoms with Gasteiger partial charge in [0.1, 0.15) is 4.21 Å². The minimum atomic E-state index is -3.60. The standard InChI is InChI=1S/C21H22N2O2S3/c24-28(25,19-8-16-3-1-2-4-17(16)27-19)23-20-22-18(12-26-20)21-9-13-5-14(10-21)7-15(6-13)11-21/h1-4,8,12-15H,5-7,9-11H2,(H,22,23). The molecule has 0 saturated heterocycles. The highest BCUT2D eigenvalue weighted by Crippen LogP contribution is 2.60. The van der Waals surface area contributed by atoms with Crippen LogP contribution in [0.3, 0.4) is 0 Å². The van der Waals surface area contributed by atoms with Crippen LogP contribution in [0.5, 0.6) is 0 Å². The lowest BCUT2D eigenvalue weighted by atomic mass is 9.49. The van der Waals surface area contributed by atoms with E-state index in [0.717, 1.165) is 33.5 Å². The van der Waals surface area contributed by atoms with Gasteiger partial charge in [-0.05, 0) is 73.8 Å². The van der Waals surface area contributed by atoms with Gasteiger partial charge in [0, 0.05) is 15.5 Å². The van der Waals surface area contributed by atoms with Crippen LogP contribution in [0.1, 0.15) is 44.2 Å². The van der Waals surface area contributed by atoms with Gasteiger partial charge in [0.15, 0.2) is 5.13 Å². The van der Waals surface area contributed by atoms with E-state index in [1.165, 1.54) is 61.2 Å². The number of thiazole rings is 1. The molecule has 2 aromatic heterocycles. The number of hydrogen-bond donors (Lipinski definition) is 1. The Morgan fingerprint density at radius 2 is 1.71 bits per heavy atom. The maximum atomic E-state index is 12.9. The average Bonchev–Trinajstić information content (AvgIpc) is 3.27. The number of fused-ring (bicyclic) bond motifs is 1. The van der Waals surface area contributed by atoms with Gasteiger partial charge in [0.05, 0.1) is 5.69 Å². The summed E-state index contributed by atoms with van der Waals surface area (Å²) in [6, 6.07) is 9.50. The van der Waals surface area contributed by atoms with E-state index in [9.17, 15) is 8.42 Å². The second kappa shape index (κ2) is 6.03. The van der Waals surface area contributed by atoms with Crippen molar-refractivity contribution in [3.05, 3.63) is 41.4 Å². The fourth-order valence-electron chi connectivity index (χ4n) is 6.24. The third kappa shape index (κ3) is 2.74. The van der Waals surface area contributed by atoms with E-state index >= 15 is 0 Å². The molecule has 146 valence electrons. The molecule has 3 aromatic rings. The van der Waals surface area contributed by atoms with Crippen molar-refractivity contribution >= 4 is 47.9 Å². The minimum Gasteiger partial charge on any atom is -0.254 e. The van der Waals surface area contributed by atoms with Crippen molar-refractivity contribution in [3.63, 3.8) is 0 Å². The van der Waals surface area contributed by atoms with Gasteiger partial charge in [0.2, 0.25) is 0 Å². The van der Waals surface area contributed by atoms with Crippen LogP contribution in [0.2, 0.25) is 0 Å². The lowest BCUT2D eigenvalue weighted by Crippen LogP contribution is -2.48. The summed E-state index contributed by atoms with van der Waals surface area (Å²) in [5.41, 5.74) is 1.33. The number of aromatic nitrogens is 1. The molecule has 0 unspecified atom stereocenters. The van der Waals surface area contributed by atoms with Gasteiger partial charge in [0.25, 0.3) is 10.0 Å². The van der Waals surface area contributed by atoms with Crippen molar-refractivity contribution in [2.75, 3.05) is 4.72 Å². The normalized spacial score (nSPS) is 31.5. The number of anilines is 1. The quantitative estimate of drug-likeness (QED) is 0.584. The minimum absolute atomic E-state index is 0.201. The first-order chi connectivity index (χ1) is 13.5. The summed E-state index contributed by atoms with van der Waals surface area (Å²) in [5, 5.41) is 3.57. The van der Waals surface area contributed by atoms with E-state index in [0.29, 0.717) is 9.34 Å². The summed E-state index contributed by atoms with van der Waals surface area (Å²) in [5.74, 6) is 2.56. The van der Waals surface area contributed by atoms with Crippen molar-refractivity contribution in [1.82, 2.24) is 4.98 Å². The summed E-state index contributed by atoms with van der Waals surface area (Å²) in [7, 11) is -3.60. The molecule has 4 saturated carbocycles. The van der Waals surface area contributed by atoms with Gasteiger partial charge in [-0.1, -0.05) is 18.2 Å². The van der Waals surface area contributed by atoms with Gasteiger partial charge in [-0.25, -0.2) is 13.4 Å². The van der Waals surface area contributed by atoms with Crippen molar-refractivity contribution in [3.8, 4) is 0 Å². The predicted molar refractivity (Wildman–Crippen MR) is 115 cm³/mol. The van der Waals surface area contributed by atoms with Crippen LogP contribution in [0.4, 0.5) is 5.13 Å². The molecular formula is C21H22N2O2S3. The van der Waals surface area contributed by atoms with Crippen molar-refractivity contribution < 1.29 is 8.42 Å².